The third kappa shape index (κ3) is 5.44. The zero-order chi connectivity index (χ0) is 24.4. The van der Waals surface area contributed by atoms with Crippen molar-refractivity contribution in [2.45, 2.75) is 52.4 Å². The second-order valence-electron chi connectivity index (χ2n) is 8.99. The van der Waals surface area contributed by atoms with Crippen molar-refractivity contribution in [2.24, 2.45) is 5.41 Å². The van der Waals surface area contributed by atoms with Crippen LogP contribution in [0.25, 0.3) is 0 Å². The molecule has 0 bridgehead atoms. The van der Waals surface area contributed by atoms with Crippen LogP contribution in [0.4, 0.5) is 18.9 Å². The number of likely N-dealkylation sites (tertiary alicyclic amines) is 1. The molecule has 0 saturated carbocycles. The van der Waals surface area contributed by atoms with E-state index in [2.05, 4.69) is 0 Å². The lowest BCUT2D eigenvalue weighted by Crippen LogP contribution is -2.42. The molecule has 4 nitrogen and oxygen atoms in total. The second kappa shape index (κ2) is 9.64. The maximum Gasteiger partial charge on any atom is 0.416 e. The molecule has 3 rings (SSSR count). The first-order chi connectivity index (χ1) is 15.5. The summed E-state index contributed by atoms with van der Waals surface area (Å²) in [5.41, 5.74) is -0.133. The molecule has 1 aliphatic heterocycles. The number of nitriles is 1. The van der Waals surface area contributed by atoms with Crippen molar-refractivity contribution >= 4 is 23.2 Å². The standard InChI is InChI=1S/C25H27ClF3N3O/c1-4-24(2,3)23(33)31-12-11-20(16-31)32(19-10-9-17(14-30)22(26)13-19)15-18-7-5-6-8-21(18)25(27,28)29/h5-10,13,20H,4,11-12,15-16H2,1-3H3/t20-/m0/s1. The molecule has 0 aromatic heterocycles. The van der Waals surface area contributed by atoms with Gasteiger partial charge in [-0.15, -0.1) is 0 Å². The summed E-state index contributed by atoms with van der Waals surface area (Å²) in [4.78, 5) is 16.6. The van der Waals surface area contributed by atoms with E-state index in [0.717, 1.165) is 6.07 Å². The number of hydrogen-bond donors (Lipinski definition) is 0. The van der Waals surface area contributed by atoms with E-state index in [1.807, 2.05) is 31.7 Å². The van der Waals surface area contributed by atoms with Crippen LogP contribution in [0.5, 0.6) is 0 Å². The van der Waals surface area contributed by atoms with E-state index < -0.39 is 17.2 Å². The van der Waals surface area contributed by atoms with E-state index in [-0.39, 0.29) is 29.1 Å². The minimum atomic E-state index is -4.48. The van der Waals surface area contributed by atoms with Gasteiger partial charge in [0.05, 0.1) is 16.1 Å². The number of halogens is 4. The van der Waals surface area contributed by atoms with Crippen LogP contribution in [-0.2, 0) is 17.5 Å². The fourth-order valence-electron chi connectivity index (χ4n) is 4.08. The highest BCUT2D eigenvalue weighted by Gasteiger charge is 2.38. The highest BCUT2D eigenvalue weighted by atomic mass is 35.5. The van der Waals surface area contributed by atoms with Crippen LogP contribution < -0.4 is 4.90 Å². The van der Waals surface area contributed by atoms with Gasteiger partial charge in [-0.2, -0.15) is 18.4 Å². The van der Waals surface area contributed by atoms with Crippen LogP contribution in [0, 0.1) is 16.7 Å². The van der Waals surface area contributed by atoms with Gasteiger partial charge in [-0.1, -0.05) is 50.6 Å². The average molecular weight is 478 g/mol. The lowest BCUT2D eigenvalue weighted by Gasteiger charge is -2.33. The Morgan fingerprint density at radius 2 is 1.94 bits per heavy atom. The molecule has 0 spiro atoms. The largest absolute Gasteiger partial charge is 0.416 e. The predicted molar refractivity (Wildman–Crippen MR) is 123 cm³/mol. The summed E-state index contributed by atoms with van der Waals surface area (Å²) in [5.74, 6) is 0.0426. The number of anilines is 1. The fourth-order valence-corrected chi connectivity index (χ4v) is 4.30. The van der Waals surface area contributed by atoms with Gasteiger partial charge in [-0.3, -0.25) is 4.79 Å². The van der Waals surface area contributed by atoms with Crippen LogP contribution in [0.1, 0.15) is 50.3 Å². The summed E-state index contributed by atoms with van der Waals surface area (Å²) < 4.78 is 41.0. The van der Waals surface area contributed by atoms with E-state index in [1.54, 1.807) is 29.2 Å². The number of hydrogen-bond acceptors (Lipinski definition) is 3. The van der Waals surface area contributed by atoms with E-state index in [0.29, 0.717) is 37.2 Å². The Labute approximate surface area is 197 Å². The molecule has 1 aliphatic rings. The molecule has 1 amide bonds. The predicted octanol–water partition coefficient (Wildman–Crippen LogP) is 6.27. The molecule has 0 radical (unpaired) electrons. The molecule has 8 heteroatoms. The van der Waals surface area contributed by atoms with Crippen LogP contribution in [0.3, 0.4) is 0 Å². The summed E-state index contributed by atoms with van der Waals surface area (Å²) in [7, 11) is 0. The fraction of sp³-hybridized carbons (Fsp3) is 0.440. The number of alkyl halides is 3. The Balaban J connectivity index is 1.97. The first-order valence-electron chi connectivity index (χ1n) is 10.9. The zero-order valence-electron chi connectivity index (χ0n) is 18.9. The molecule has 2 aromatic carbocycles. The number of carbonyl (C=O) groups excluding carboxylic acids is 1. The molecule has 33 heavy (non-hydrogen) atoms. The number of amides is 1. The Bertz CT molecular complexity index is 1060. The second-order valence-corrected chi connectivity index (χ2v) is 9.40. The third-order valence-electron chi connectivity index (χ3n) is 6.42. The molecule has 0 N–H and O–H groups in total. The van der Waals surface area contributed by atoms with Gasteiger partial charge in [0.25, 0.3) is 0 Å². The van der Waals surface area contributed by atoms with Crippen molar-refractivity contribution in [3.05, 3.63) is 64.2 Å². The molecule has 2 aromatic rings. The van der Waals surface area contributed by atoms with E-state index in [9.17, 15) is 23.2 Å². The third-order valence-corrected chi connectivity index (χ3v) is 6.74. The first-order valence-corrected chi connectivity index (χ1v) is 11.3. The molecular weight excluding hydrogens is 451 g/mol. The Morgan fingerprint density at radius 3 is 2.55 bits per heavy atom. The van der Waals surface area contributed by atoms with Crippen LogP contribution in [0.15, 0.2) is 42.5 Å². The van der Waals surface area contributed by atoms with Crippen molar-refractivity contribution in [3.63, 3.8) is 0 Å². The average Bonchev–Trinajstić information content (AvgIpc) is 3.26. The van der Waals surface area contributed by atoms with Gasteiger partial charge < -0.3 is 9.80 Å². The molecule has 1 fully saturated rings. The molecule has 1 heterocycles. The van der Waals surface area contributed by atoms with Crippen molar-refractivity contribution in [1.29, 1.82) is 5.26 Å². The Hall–Kier alpha value is -2.72. The molecule has 1 atom stereocenters. The lowest BCUT2D eigenvalue weighted by molar-refractivity contribution is -0.139. The number of benzene rings is 2. The normalized spacial score (nSPS) is 16.5. The van der Waals surface area contributed by atoms with Crippen LogP contribution in [-0.4, -0.2) is 29.9 Å². The minimum absolute atomic E-state index is 0.00177. The molecular formula is C25H27ClF3N3O. The zero-order valence-corrected chi connectivity index (χ0v) is 19.7. The molecule has 1 saturated heterocycles. The Morgan fingerprint density at radius 1 is 1.24 bits per heavy atom. The molecule has 0 aliphatic carbocycles. The summed E-state index contributed by atoms with van der Waals surface area (Å²) in [6.45, 7) is 6.72. The SMILES string of the molecule is CCC(C)(C)C(=O)N1CC[C@H](N(Cc2ccccc2C(F)(F)F)c2ccc(C#N)c(Cl)c2)C1. The highest BCUT2D eigenvalue weighted by molar-refractivity contribution is 6.32. The monoisotopic (exact) mass is 477 g/mol. The highest BCUT2D eigenvalue weighted by Crippen LogP contribution is 2.36. The molecule has 0 unspecified atom stereocenters. The van der Waals surface area contributed by atoms with Gasteiger partial charge >= 0.3 is 6.18 Å². The van der Waals surface area contributed by atoms with Crippen molar-refractivity contribution < 1.29 is 18.0 Å². The minimum Gasteiger partial charge on any atom is -0.362 e. The summed E-state index contributed by atoms with van der Waals surface area (Å²) in [5, 5.41) is 9.44. The van der Waals surface area contributed by atoms with Gasteiger partial charge in [0, 0.05) is 36.8 Å². The van der Waals surface area contributed by atoms with E-state index in [4.69, 9.17) is 11.6 Å². The maximum atomic E-state index is 13.7. The summed E-state index contributed by atoms with van der Waals surface area (Å²) in [6, 6.07) is 12.2. The first kappa shape index (κ1) is 24.9. The van der Waals surface area contributed by atoms with Crippen molar-refractivity contribution in [1.82, 2.24) is 4.90 Å². The van der Waals surface area contributed by atoms with Gasteiger partial charge in [0.15, 0.2) is 0 Å². The quantitative estimate of drug-likeness (QED) is 0.492. The lowest BCUT2D eigenvalue weighted by atomic mass is 9.88. The van der Waals surface area contributed by atoms with E-state index >= 15 is 0 Å². The van der Waals surface area contributed by atoms with Crippen LogP contribution in [0.2, 0.25) is 5.02 Å². The van der Waals surface area contributed by atoms with Gasteiger partial charge in [0.2, 0.25) is 5.91 Å². The van der Waals surface area contributed by atoms with Crippen molar-refractivity contribution in [2.75, 3.05) is 18.0 Å². The number of rotatable bonds is 6. The molecule has 176 valence electrons. The van der Waals surface area contributed by atoms with Crippen LogP contribution >= 0.6 is 11.6 Å². The summed E-state index contributed by atoms with van der Waals surface area (Å²) in [6.07, 6.45) is -3.16. The Kier molecular flexibility index (Phi) is 7.28. The van der Waals surface area contributed by atoms with Crippen molar-refractivity contribution in [3.8, 4) is 6.07 Å². The number of carbonyl (C=O) groups is 1. The number of nitrogens with zero attached hydrogens (tertiary/aromatic N) is 3. The maximum absolute atomic E-state index is 13.7. The summed E-state index contributed by atoms with van der Waals surface area (Å²) >= 11 is 6.25. The van der Waals surface area contributed by atoms with Gasteiger partial charge in [-0.25, -0.2) is 0 Å². The topological polar surface area (TPSA) is 47.3 Å². The van der Waals surface area contributed by atoms with Gasteiger partial charge in [0.1, 0.15) is 6.07 Å². The van der Waals surface area contributed by atoms with Gasteiger partial charge in [-0.05, 0) is 42.7 Å². The van der Waals surface area contributed by atoms with E-state index in [1.165, 1.54) is 12.1 Å². The smallest absolute Gasteiger partial charge is 0.362 e.